The highest BCUT2D eigenvalue weighted by atomic mass is 19.4. The summed E-state index contributed by atoms with van der Waals surface area (Å²) < 4.78 is 84.1. The number of benzene rings is 6. The van der Waals surface area contributed by atoms with E-state index in [0.717, 1.165) is 46.6 Å². The first-order valence-electron chi connectivity index (χ1n) is 20.8. The highest BCUT2D eigenvalue weighted by Gasteiger charge is 2.31. The summed E-state index contributed by atoms with van der Waals surface area (Å²) in [6.45, 7) is 3.88. The van der Waals surface area contributed by atoms with Gasteiger partial charge in [0.2, 0.25) is 0 Å². The molecule has 0 radical (unpaired) electrons. The van der Waals surface area contributed by atoms with Gasteiger partial charge in [0.15, 0.2) is 34.9 Å². The van der Waals surface area contributed by atoms with Crippen LogP contribution >= 0.6 is 0 Å². The first kappa shape index (κ1) is 42.5. The van der Waals surface area contributed by atoms with Gasteiger partial charge >= 0.3 is 12.4 Å². The third-order valence-electron chi connectivity index (χ3n) is 11.0. The van der Waals surface area contributed by atoms with Crippen molar-refractivity contribution in [3.8, 4) is 85.4 Å². The van der Waals surface area contributed by atoms with Crippen molar-refractivity contribution in [2.45, 2.75) is 26.2 Å². The molecule has 4 aromatic heterocycles. The Morgan fingerprint density at radius 2 is 0.776 bits per heavy atom. The van der Waals surface area contributed by atoms with Gasteiger partial charge in [-0.2, -0.15) is 26.3 Å². The van der Waals surface area contributed by atoms with E-state index in [-0.39, 0.29) is 34.9 Å². The molecule has 0 aliphatic carbocycles. The van der Waals surface area contributed by atoms with Crippen molar-refractivity contribution in [2.75, 3.05) is 0 Å². The molecule has 67 heavy (non-hydrogen) atoms. The summed E-state index contributed by atoms with van der Waals surface area (Å²) in [5, 5.41) is 0. The first-order valence-corrected chi connectivity index (χ1v) is 20.8. The number of nitrogens with zero attached hydrogens (tertiary/aromatic N) is 9. The van der Waals surface area contributed by atoms with Crippen molar-refractivity contribution in [1.29, 1.82) is 0 Å². The Labute approximate surface area is 378 Å². The molecule has 0 N–H and O–H groups in total. The van der Waals surface area contributed by atoms with Gasteiger partial charge in [-0.1, -0.05) is 96.1 Å². The fourth-order valence-electron chi connectivity index (χ4n) is 7.53. The molecule has 10 aromatic rings. The standard InChI is InChI=1S/C52H33F6N9/c1-30-9-13-32(14-10-30)44-61-46(34-17-21-39(22-18-34)51(53,54)55)65-48(63-44)36-26-37(28-38(27-36)50-60-42-7-3-4-8-43(42)67(50)41-6-5-25-59-29-41)49-64-45(33-15-11-31(2)12-16-33)62-47(66-49)35-19-23-40(24-20-35)52(56,57)58/h3-29H,1-2H3. The molecule has 0 bridgehead atoms. The van der Waals surface area contributed by atoms with Gasteiger partial charge in [-0.25, -0.2) is 34.9 Å². The van der Waals surface area contributed by atoms with E-state index < -0.39 is 23.5 Å². The zero-order chi connectivity index (χ0) is 46.5. The molecule has 0 saturated carbocycles. The van der Waals surface area contributed by atoms with Gasteiger partial charge in [-0.3, -0.25) is 9.55 Å². The molecule has 0 amide bonds. The van der Waals surface area contributed by atoms with E-state index in [1.54, 1.807) is 18.5 Å². The second-order valence-electron chi connectivity index (χ2n) is 15.8. The minimum absolute atomic E-state index is 0.121. The smallest absolute Gasteiger partial charge is 0.291 e. The number of fused-ring (bicyclic) bond motifs is 1. The van der Waals surface area contributed by atoms with Gasteiger partial charge in [0.05, 0.1) is 34.0 Å². The maximum atomic E-state index is 13.7. The summed E-state index contributed by atoms with van der Waals surface area (Å²) in [4.78, 5) is 38.7. The molecular weight excluding hydrogens is 865 g/mol. The third-order valence-corrected chi connectivity index (χ3v) is 11.0. The normalized spacial score (nSPS) is 11.9. The molecule has 6 aromatic carbocycles. The second-order valence-corrected chi connectivity index (χ2v) is 15.8. The SMILES string of the molecule is Cc1ccc(-c2nc(-c3ccc(C(F)(F)F)cc3)nc(-c3cc(-c4nc(-c5ccc(C)cc5)nc(-c5ccc(C(F)(F)F)cc5)n4)cc(-c4nc5ccccc5n4-c4cccnc4)c3)n2)cc1. The summed E-state index contributed by atoms with van der Waals surface area (Å²) >= 11 is 0. The summed E-state index contributed by atoms with van der Waals surface area (Å²) in [6, 6.07) is 41.0. The predicted octanol–water partition coefficient (Wildman–Crippen LogP) is 13.1. The van der Waals surface area contributed by atoms with Crippen molar-refractivity contribution >= 4 is 11.0 Å². The topological polar surface area (TPSA) is 108 Å². The Morgan fingerprint density at radius 1 is 0.388 bits per heavy atom. The Bertz CT molecular complexity index is 3260. The van der Waals surface area contributed by atoms with Crippen LogP contribution < -0.4 is 0 Å². The Morgan fingerprint density at radius 3 is 1.18 bits per heavy atom. The zero-order valence-corrected chi connectivity index (χ0v) is 35.4. The second kappa shape index (κ2) is 16.8. The van der Waals surface area contributed by atoms with E-state index in [0.29, 0.717) is 50.3 Å². The van der Waals surface area contributed by atoms with Crippen LogP contribution in [-0.4, -0.2) is 44.4 Å². The van der Waals surface area contributed by atoms with E-state index in [9.17, 15) is 26.3 Å². The summed E-state index contributed by atoms with van der Waals surface area (Å²) in [7, 11) is 0. The van der Waals surface area contributed by atoms with Gasteiger partial charge in [-0.05, 0) is 80.6 Å². The van der Waals surface area contributed by atoms with Crippen LogP contribution in [0.3, 0.4) is 0 Å². The zero-order valence-electron chi connectivity index (χ0n) is 35.4. The first-order chi connectivity index (χ1) is 32.2. The minimum atomic E-state index is -4.56. The van der Waals surface area contributed by atoms with E-state index in [2.05, 4.69) is 4.98 Å². The lowest BCUT2D eigenvalue weighted by Gasteiger charge is -2.14. The van der Waals surface area contributed by atoms with Crippen LogP contribution in [0.1, 0.15) is 22.3 Å². The lowest BCUT2D eigenvalue weighted by molar-refractivity contribution is -0.138. The molecule has 0 aliphatic rings. The molecule has 0 unspecified atom stereocenters. The number of halogens is 6. The van der Waals surface area contributed by atoms with E-state index >= 15 is 0 Å². The maximum absolute atomic E-state index is 13.7. The molecule has 0 saturated heterocycles. The van der Waals surface area contributed by atoms with Gasteiger partial charge in [0.25, 0.3) is 0 Å². The number of imidazole rings is 1. The molecule has 10 rings (SSSR count). The van der Waals surface area contributed by atoms with Crippen molar-refractivity contribution in [1.82, 2.24) is 44.4 Å². The number of aromatic nitrogens is 9. The number of hydrogen-bond acceptors (Lipinski definition) is 8. The molecule has 0 spiro atoms. The van der Waals surface area contributed by atoms with Crippen molar-refractivity contribution < 1.29 is 26.3 Å². The van der Waals surface area contributed by atoms with Crippen LogP contribution in [0.2, 0.25) is 0 Å². The third kappa shape index (κ3) is 8.74. The van der Waals surface area contributed by atoms with E-state index in [1.807, 2.05) is 115 Å². The van der Waals surface area contributed by atoms with Crippen molar-refractivity contribution in [3.63, 3.8) is 0 Å². The number of pyridine rings is 1. The largest absolute Gasteiger partial charge is 0.416 e. The van der Waals surface area contributed by atoms with Crippen LogP contribution in [0.4, 0.5) is 26.3 Å². The lowest BCUT2D eigenvalue weighted by atomic mass is 10.0. The maximum Gasteiger partial charge on any atom is 0.416 e. The molecule has 9 nitrogen and oxygen atoms in total. The van der Waals surface area contributed by atoms with E-state index in [4.69, 9.17) is 34.9 Å². The molecular formula is C52H33F6N9. The quantitative estimate of drug-likeness (QED) is 0.139. The van der Waals surface area contributed by atoms with Gasteiger partial charge in [-0.15, -0.1) is 0 Å². The fraction of sp³-hybridized carbons (Fsp3) is 0.0769. The molecule has 4 heterocycles. The van der Waals surface area contributed by atoms with Crippen LogP contribution in [0.25, 0.3) is 96.4 Å². The summed E-state index contributed by atoms with van der Waals surface area (Å²) in [5.41, 5.74) is 5.89. The number of aryl methyl sites for hydroxylation is 2. The average Bonchev–Trinajstić information content (AvgIpc) is 3.74. The highest BCUT2D eigenvalue weighted by molar-refractivity contribution is 5.86. The summed E-state index contributed by atoms with van der Waals surface area (Å²) in [5.74, 6) is 1.61. The molecule has 0 atom stereocenters. The monoisotopic (exact) mass is 897 g/mol. The molecule has 328 valence electrons. The molecule has 15 heteroatoms. The van der Waals surface area contributed by atoms with Gasteiger partial charge in [0.1, 0.15) is 5.82 Å². The van der Waals surface area contributed by atoms with Crippen LogP contribution in [0.15, 0.2) is 164 Å². The Kier molecular flexibility index (Phi) is 10.7. The Hall–Kier alpha value is -8.46. The van der Waals surface area contributed by atoms with Crippen molar-refractivity contribution in [2.24, 2.45) is 0 Å². The number of para-hydroxylation sites is 2. The number of rotatable bonds is 8. The highest BCUT2D eigenvalue weighted by Crippen LogP contribution is 2.37. The molecule has 0 fully saturated rings. The van der Waals surface area contributed by atoms with Gasteiger partial charge in [0, 0.05) is 45.1 Å². The Balaban J connectivity index is 1.24. The van der Waals surface area contributed by atoms with Crippen LogP contribution in [0, 0.1) is 13.8 Å². The number of hydrogen-bond donors (Lipinski definition) is 0. The molecule has 0 aliphatic heterocycles. The van der Waals surface area contributed by atoms with Crippen LogP contribution in [0.5, 0.6) is 0 Å². The average molecular weight is 898 g/mol. The lowest BCUT2D eigenvalue weighted by Crippen LogP contribution is -2.05. The van der Waals surface area contributed by atoms with E-state index in [1.165, 1.54) is 24.3 Å². The van der Waals surface area contributed by atoms with Crippen molar-refractivity contribution in [3.05, 3.63) is 186 Å². The van der Waals surface area contributed by atoms with Crippen LogP contribution in [-0.2, 0) is 12.4 Å². The van der Waals surface area contributed by atoms with Gasteiger partial charge < -0.3 is 0 Å². The number of alkyl halides is 6. The summed E-state index contributed by atoms with van der Waals surface area (Å²) in [6.07, 6.45) is -5.73. The predicted molar refractivity (Wildman–Crippen MR) is 243 cm³/mol. The fourth-order valence-corrected chi connectivity index (χ4v) is 7.53. The minimum Gasteiger partial charge on any atom is -0.291 e.